The van der Waals surface area contributed by atoms with Crippen LogP contribution >= 0.6 is 0 Å². The number of hydrogen-bond donors (Lipinski definition) is 2. The van der Waals surface area contributed by atoms with E-state index in [-0.39, 0.29) is 11.6 Å². The van der Waals surface area contributed by atoms with Crippen LogP contribution in [0.4, 0.5) is 17.2 Å². The Morgan fingerprint density at radius 2 is 1.92 bits per heavy atom. The zero-order valence-electron chi connectivity index (χ0n) is 13.3. The molecule has 3 rings (SSSR count). The molecule has 0 spiro atoms. The van der Waals surface area contributed by atoms with Crippen LogP contribution < -0.4 is 10.6 Å². The van der Waals surface area contributed by atoms with Gasteiger partial charge in [0.05, 0.1) is 0 Å². The molecule has 9 heteroatoms. The summed E-state index contributed by atoms with van der Waals surface area (Å²) in [6.07, 6.45) is 5.83. The predicted octanol–water partition coefficient (Wildman–Crippen LogP) is 1.88. The van der Waals surface area contributed by atoms with Crippen molar-refractivity contribution in [3.8, 4) is 6.07 Å². The Balaban J connectivity index is 1.66. The highest BCUT2D eigenvalue weighted by Crippen LogP contribution is 2.19. The summed E-state index contributed by atoms with van der Waals surface area (Å²) in [5.41, 5.74) is 1.57. The maximum Gasteiger partial charge on any atom is 0.249 e. The first-order valence-corrected chi connectivity index (χ1v) is 7.40. The number of nitrogens with zero attached hydrogens (tertiary/aromatic N) is 6. The van der Waals surface area contributed by atoms with Crippen LogP contribution in [-0.2, 0) is 4.79 Å². The van der Waals surface area contributed by atoms with Crippen LogP contribution in [0.25, 0.3) is 0 Å². The molecule has 9 nitrogen and oxygen atoms in total. The molecule has 0 saturated carbocycles. The predicted molar refractivity (Wildman–Crippen MR) is 89.8 cm³/mol. The minimum absolute atomic E-state index is 0.202. The number of amides is 1. The minimum atomic E-state index is -0.474. The summed E-state index contributed by atoms with van der Waals surface area (Å²) in [5.74, 6) is 0.175. The van der Waals surface area contributed by atoms with Crippen molar-refractivity contribution in [3.63, 3.8) is 0 Å². The van der Waals surface area contributed by atoms with Crippen LogP contribution in [0.1, 0.15) is 18.7 Å². The summed E-state index contributed by atoms with van der Waals surface area (Å²) in [4.78, 5) is 24.1. The number of carbonyl (C=O) groups is 1. The van der Waals surface area contributed by atoms with Crippen LogP contribution in [0.15, 0.2) is 49.3 Å². The van der Waals surface area contributed by atoms with Gasteiger partial charge in [-0.15, -0.1) is 0 Å². The highest BCUT2D eigenvalue weighted by atomic mass is 16.2. The lowest BCUT2D eigenvalue weighted by molar-refractivity contribution is -0.119. The standard InChI is InChI=1S/C16H14N8O/c1-11(24-10-18-9-21-24)16(25)23-13-4-2-12(3-5-13)22-15-14(8-17)19-6-7-20-15/h2-7,9-11H,1H3,(H,20,22)(H,23,25). The van der Waals surface area contributed by atoms with Gasteiger partial charge < -0.3 is 10.6 Å². The first kappa shape index (κ1) is 16.1. The molecular formula is C16H14N8O. The van der Waals surface area contributed by atoms with Gasteiger partial charge in [-0.3, -0.25) is 4.79 Å². The van der Waals surface area contributed by atoms with Gasteiger partial charge in [0.2, 0.25) is 5.91 Å². The Labute approximate surface area is 143 Å². The quantitative estimate of drug-likeness (QED) is 0.730. The largest absolute Gasteiger partial charge is 0.338 e. The fourth-order valence-electron chi connectivity index (χ4n) is 2.07. The summed E-state index contributed by atoms with van der Waals surface area (Å²) in [6.45, 7) is 1.73. The van der Waals surface area contributed by atoms with E-state index in [1.165, 1.54) is 29.7 Å². The minimum Gasteiger partial charge on any atom is -0.338 e. The zero-order valence-corrected chi connectivity index (χ0v) is 13.3. The first-order valence-electron chi connectivity index (χ1n) is 7.40. The molecule has 0 aliphatic heterocycles. The molecule has 0 aliphatic rings. The van der Waals surface area contributed by atoms with Crippen molar-refractivity contribution in [3.05, 3.63) is 55.0 Å². The number of nitriles is 1. The molecule has 1 atom stereocenters. The smallest absolute Gasteiger partial charge is 0.249 e. The number of nitrogens with one attached hydrogen (secondary N) is 2. The second-order valence-electron chi connectivity index (χ2n) is 5.11. The summed E-state index contributed by atoms with van der Waals surface area (Å²) < 4.78 is 1.47. The van der Waals surface area contributed by atoms with E-state index in [1.54, 1.807) is 31.2 Å². The van der Waals surface area contributed by atoms with Crippen molar-refractivity contribution in [1.82, 2.24) is 24.7 Å². The molecule has 0 fully saturated rings. The van der Waals surface area contributed by atoms with Gasteiger partial charge in [0, 0.05) is 23.8 Å². The highest BCUT2D eigenvalue weighted by Gasteiger charge is 2.15. The molecule has 0 bridgehead atoms. The monoisotopic (exact) mass is 334 g/mol. The summed E-state index contributed by atoms with van der Waals surface area (Å²) >= 11 is 0. The number of rotatable bonds is 5. The van der Waals surface area contributed by atoms with E-state index in [0.717, 1.165) is 5.69 Å². The molecule has 2 aromatic heterocycles. The van der Waals surface area contributed by atoms with E-state index >= 15 is 0 Å². The summed E-state index contributed by atoms with van der Waals surface area (Å²) in [5, 5.41) is 18.8. The van der Waals surface area contributed by atoms with Crippen LogP contribution in [-0.4, -0.2) is 30.6 Å². The molecule has 0 saturated heterocycles. The number of hydrogen-bond acceptors (Lipinski definition) is 7. The second kappa shape index (κ2) is 7.18. The Morgan fingerprint density at radius 1 is 1.20 bits per heavy atom. The van der Waals surface area contributed by atoms with Crippen molar-refractivity contribution in [2.45, 2.75) is 13.0 Å². The third-order valence-electron chi connectivity index (χ3n) is 3.43. The van der Waals surface area contributed by atoms with Crippen LogP contribution in [0, 0.1) is 11.3 Å². The maximum absolute atomic E-state index is 12.2. The summed E-state index contributed by atoms with van der Waals surface area (Å²) in [7, 11) is 0. The van der Waals surface area contributed by atoms with Gasteiger partial charge in [-0.05, 0) is 31.2 Å². The van der Waals surface area contributed by atoms with E-state index in [9.17, 15) is 4.79 Å². The number of aromatic nitrogens is 5. The molecule has 2 N–H and O–H groups in total. The average Bonchev–Trinajstić information content (AvgIpc) is 3.18. The average molecular weight is 334 g/mol. The molecule has 2 heterocycles. The van der Waals surface area contributed by atoms with Crippen LogP contribution in [0.5, 0.6) is 0 Å². The second-order valence-corrected chi connectivity index (χ2v) is 5.11. The van der Waals surface area contributed by atoms with Crippen LogP contribution in [0.3, 0.4) is 0 Å². The third kappa shape index (κ3) is 3.76. The molecule has 3 aromatic rings. The lowest BCUT2D eigenvalue weighted by Crippen LogP contribution is -2.23. The number of benzene rings is 1. The Bertz CT molecular complexity index is 899. The van der Waals surface area contributed by atoms with Crippen molar-refractivity contribution < 1.29 is 4.79 Å². The Hall–Kier alpha value is -3.80. The van der Waals surface area contributed by atoms with Gasteiger partial charge in [0.1, 0.15) is 24.8 Å². The molecular weight excluding hydrogens is 320 g/mol. The fraction of sp³-hybridized carbons (Fsp3) is 0.125. The van der Waals surface area contributed by atoms with Crippen LogP contribution in [0.2, 0.25) is 0 Å². The molecule has 1 amide bonds. The maximum atomic E-state index is 12.2. The van der Waals surface area contributed by atoms with E-state index in [0.29, 0.717) is 11.5 Å². The van der Waals surface area contributed by atoms with Crippen molar-refractivity contribution in [1.29, 1.82) is 5.26 Å². The molecule has 1 aromatic carbocycles. The van der Waals surface area contributed by atoms with E-state index in [2.05, 4.69) is 30.7 Å². The highest BCUT2D eigenvalue weighted by molar-refractivity contribution is 5.93. The SMILES string of the molecule is CC(C(=O)Nc1ccc(Nc2nccnc2C#N)cc1)n1cncn1. The zero-order chi connectivity index (χ0) is 17.6. The summed E-state index contributed by atoms with van der Waals surface area (Å²) in [6, 6.07) is 8.53. The molecule has 0 radical (unpaired) electrons. The molecule has 124 valence electrons. The van der Waals surface area contributed by atoms with E-state index < -0.39 is 6.04 Å². The van der Waals surface area contributed by atoms with E-state index in [1.807, 2.05) is 6.07 Å². The van der Waals surface area contributed by atoms with Gasteiger partial charge in [-0.25, -0.2) is 19.6 Å². The number of carbonyl (C=O) groups excluding carboxylic acids is 1. The van der Waals surface area contributed by atoms with Gasteiger partial charge >= 0.3 is 0 Å². The fourth-order valence-corrected chi connectivity index (χ4v) is 2.07. The third-order valence-corrected chi connectivity index (χ3v) is 3.43. The van der Waals surface area contributed by atoms with E-state index in [4.69, 9.17) is 5.26 Å². The van der Waals surface area contributed by atoms with Gasteiger partial charge in [0.25, 0.3) is 0 Å². The first-order chi connectivity index (χ1) is 12.2. The van der Waals surface area contributed by atoms with Gasteiger partial charge in [0.15, 0.2) is 11.5 Å². The lowest BCUT2D eigenvalue weighted by Gasteiger charge is -2.12. The Kier molecular flexibility index (Phi) is 4.62. The molecule has 1 unspecified atom stereocenters. The normalized spacial score (nSPS) is 11.4. The van der Waals surface area contributed by atoms with Gasteiger partial charge in [-0.1, -0.05) is 0 Å². The topological polar surface area (TPSA) is 121 Å². The molecule has 25 heavy (non-hydrogen) atoms. The van der Waals surface area contributed by atoms with Crippen molar-refractivity contribution in [2.75, 3.05) is 10.6 Å². The Morgan fingerprint density at radius 3 is 2.60 bits per heavy atom. The molecule has 0 aliphatic carbocycles. The van der Waals surface area contributed by atoms with Crippen molar-refractivity contribution >= 4 is 23.1 Å². The van der Waals surface area contributed by atoms with Gasteiger partial charge in [-0.2, -0.15) is 10.4 Å². The lowest BCUT2D eigenvalue weighted by atomic mass is 10.2. The van der Waals surface area contributed by atoms with Crippen molar-refractivity contribution in [2.24, 2.45) is 0 Å². The number of anilines is 3.